The Morgan fingerprint density at radius 1 is 0.417 bits per heavy atom. The summed E-state index contributed by atoms with van der Waals surface area (Å²) in [5, 5.41) is 2.68. The van der Waals surface area contributed by atoms with Crippen LogP contribution in [0.3, 0.4) is 0 Å². The Morgan fingerprint density at radius 2 is 0.875 bits per heavy atom. The van der Waals surface area contributed by atoms with Crippen LogP contribution in [0.5, 0.6) is 0 Å². The van der Waals surface area contributed by atoms with E-state index in [9.17, 15) is 0 Å². The monoisotopic (exact) mass is 304 g/mol. The van der Waals surface area contributed by atoms with Crippen molar-refractivity contribution in [3.8, 4) is 22.3 Å². The van der Waals surface area contributed by atoms with Gasteiger partial charge in [0.25, 0.3) is 0 Å². The van der Waals surface area contributed by atoms with Gasteiger partial charge in [-0.2, -0.15) is 0 Å². The fourth-order valence-corrected chi connectivity index (χ4v) is 3.62. The molecule has 0 atom stereocenters. The van der Waals surface area contributed by atoms with E-state index < -0.39 is 0 Å². The van der Waals surface area contributed by atoms with E-state index >= 15 is 0 Å². The van der Waals surface area contributed by atoms with Crippen molar-refractivity contribution in [3.63, 3.8) is 0 Å². The van der Waals surface area contributed by atoms with Crippen molar-refractivity contribution < 1.29 is 0 Å². The van der Waals surface area contributed by atoms with Crippen LogP contribution >= 0.6 is 0 Å². The van der Waals surface area contributed by atoms with Crippen molar-refractivity contribution >= 4 is 22.9 Å². The Hall–Kier alpha value is -3.12. The SMILES string of the molecule is C1=Cc2cc(-c3ccccc3)cc3cc(-c4ccccc4)cc1c23. The van der Waals surface area contributed by atoms with E-state index in [1.54, 1.807) is 0 Å². The first kappa shape index (κ1) is 13.3. The van der Waals surface area contributed by atoms with Gasteiger partial charge in [-0.1, -0.05) is 72.8 Å². The first-order chi connectivity index (χ1) is 11.9. The Bertz CT molecular complexity index is 987. The van der Waals surface area contributed by atoms with Gasteiger partial charge in [-0.05, 0) is 68.4 Å². The van der Waals surface area contributed by atoms with Gasteiger partial charge in [0.15, 0.2) is 0 Å². The molecule has 1 aliphatic rings. The third-order valence-corrected chi connectivity index (χ3v) is 4.77. The molecular weight excluding hydrogens is 288 g/mol. The second-order valence-corrected chi connectivity index (χ2v) is 6.29. The summed E-state index contributed by atoms with van der Waals surface area (Å²) in [4.78, 5) is 0. The highest BCUT2D eigenvalue weighted by Crippen LogP contribution is 2.38. The fraction of sp³-hybridized carbons (Fsp3) is 0. The zero-order valence-corrected chi connectivity index (χ0v) is 13.2. The van der Waals surface area contributed by atoms with Crippen molar-refractivity contribution in [1.82, 2.24) is 0 Å². The molecule has 112 valence electrons. The molecule has 0 heterocycles. The molecule has 0 nitrogen and oxygen atoms in total. The summed E-state index contributed by atoms with van der Waals surface area (Å²) < 4.78 is 0. The molecule has 0 saturated carbocycles. The summed E-state index contributed by atoms with van der Waals surface area (Å²) >= 11 is 0. The van der Waals surface area contributed by atoms with Crippen LogP contribution < -0.4 is 0 Å². The second-order valence-electron chi connectivity index (χ2n) is 6.29. The molecule has 24 heavy (non-hydrogen) atoms. The highest BCUT2D eigenvalue weighted by Gasteiger charge is 2.13. The number of hydrogen-bond donors (Lipinski definition) is 0. The maximum absolute atomic E-state index is 2.32. The van der Waals surface area contributed by atoms with E-state index in [1.165, 1.54) is 44.2 Å². The molecule has 0 N–H and O–H groups in total. The maximum atomic E-state index is 2.32. The minimum Gasteiger partial charge on any atom is -0.0622 e. The van der Waals surface area contributed by atoms with Gasteiger partial charge in [-0.3, -0.25) is 0 Å². The predicted octanol–water partition coefficient (Wildman–Crippen LogP) is 6.66. The molecule has 0 saturated heterocycles. The van der Waals surface area contributed by atoms with Gasteiger partial charge in [0.1, 0.15) is 0 Å². The Balaban J connectivity index is 1.77. The molecule has 4 aromatic rings. The molecule has 5 rings (SSSR count). The summed E-state index contributed by atoms with van der Waals surface area (Å²) in [7, 11) is 0. The molecule has 0 fully saturated rings. The predicted molar refractivity (Wildman–Crippen MR) is 104 cm³/mol. The largest absolute Gasteiger partial charge is 0.0622 e. The van der Waals surface area contributed by atoms with Gasteiger partial charge in [0.05, 0.1) is 0 Å². The zero-order valence-electron chi connectivity index (χ0n) is 13.2. The third kappa shape index (κ3) is 2.08. The lowest BCUT2D eigenvalue weighted by Crippen LogP contribution is -1.86. The highest BCUT2D eigenvalue weighted by molar-refractivity contribution is 6.08. The molecule has 0 spiro atoms. The first-order valence-electron chi connectivity index (χ1n) is 8.29. The number of benzene rings is 4. The van der Waals surface area contributed by atoms with Crippen molar-refractivity contribution in [1.29, 1.82) is 0 Å². The van der Waals surface area contributed by atoms with Crippen molar-refractivity contribution in [2.45, 2.75) is 0 Å². The Labute approximate surface area is 141 Å². The molecule has 0 heteroatoms. The van der Waals surface area contributed by atoms with E-state index in [0.717, 1.165) is 0 Å². The van der Waals surface area contributed by atoms with E-state index in [1.807, 2.05) is 0 Å². The Morgan fingerprint density at radius 3 is 1.33 bits per heavy atom. The van der Waals surface area contributed by atoms with Crippen LogP contribution in [0, 0.1) is 0 Å². The standard InChI is InChI=1S/C24H16/c1-3-7-17(8-4-1)21-13-19-11-12-20-14-22(16-23(15-21)24(19)20)18-9-5-2-6-10-18/h1-16H. The van der Waals surface area contributed by atoms with Gasteiger partial charge in [-0.15, -0.1) is 0 Å². The van der Waals surface area contributed by atoms with Crippen LogP contribution in [0.2, 0.25) is 0 Å². The summed E-state index contributed by atoms with van der Waals surface area (Å²) in [6, 6.07) is 30.5. The molecule has 0 bridgehead atoms. The molecule has 1 aliphatic carbocycles. The lowest BCUT2D eigenvalue weighted by molar-refractivity contribution is 1.62. The fourth-order valence-electron chi connectivity index (χ4n) is 3.62. The minimum atomic E-state index is 1.27. The molecule has 0 radical (unpaired) electrons. The topological polar surface area (TPSA) is 0 Å². The zero-order chi connectivity index (χ0) is 15.9. The lowest BCUT2D eigenvalue weighted by atomic mass is 9.94. The summed E-state index contributed by atoms with van der Waals surface area (Å²) in [6.45, 7) is 0. The Kier molecular flexibility index (Phi) is 2.89. The molecule has 0 unspecified atom stereocenters. The lowest BCUT2D eigenvalue weighted by Gasteiger charge is -2.10. The molecule has 4 aromatic carbocycles. The third-order valence-electron chi connectivity index (χ3n) is 4.77. The van der Waals surface area contributed by atoms with Gasteiger partial charge in [-0.25, -0.2) is 0 Å². The summed E-state index contributed by atoms with van der Waals surface area (Å²) in [6.07, 6.45) is 4.47. The van der Waals surface area contributed by atoms with Crippen LogP contribution in [-0.2, 0) is 0 Å². The average Bonchev–Trinajstić information content (AvgIpc) is 3.07. The van der Waals surface area contributed by atoms with Gasteiger partial charge >= 0.3 is 0 Å². The normalized spacial score (nSPS) is 12.0. The van der Waals surface area contributed by atoms with Crippen LogP contribution in [0.15, 0.2) is 84.9 Å². The average molecular weight is 304 g/mol. The van der Waals surface area contributed by atoms with Gasteiger partial charge in [0, 0.05) is 0 Å². The van der Waals surface area contributed by atoms with Crippen molar-refractivity contribution in [2.75, 3.05) is 0 Å². The molecular formula is C24H16. The van der Waals surface area contributed by atoms with E-state index in [4.69, 9.17) is 0 Å². The smallest absolute Gasteiger partial charge is 0.00380 e. The van der Waals surface area contributed by atoms with Gasteiger partial charge < -0.3 is 0 Å². The second kappa shape index (κ2) is 5.21. The van der Waals surface area contributed by atoms with E-state index in [-0.39, 0.29) is 0 Å². The minimum absolute atomic E-state index is 1.27. The summed E-state index contributed by atoms with van der Waals surface area (Å²) in [5.41, 5.74) is 7.73. The molecule has 0 aliphatic heterocycles. The maximum Gasteiger partial charge on any atom is -0.00380 e. The van der Waals surface area contributed by atoms with Crippen molar-refractivity contribution in [2.24, 2.45) is 0 Å². The summed E-state index contributed by atoms with van der Waals surface area (Å²) in [5.74, 6) is 0. The highest BCUT2D eigenvalue weighted by atomic mass is 14.2. The number of rotatable bonds is 2. The van der Waals surface area contributed by atoms with Crippen LogP contribution in [0.1, 0.15) is 11.1 Å². The van der Waals surface area contributed by atoms with Gasteiger partial charge in [0.2, 0.25) is 0 Å². The molecule has 0 amide bonds. The van der Waals surface area contributed by atoms with E-state index in [0.29, 0.717) is 0 Å². The van der Waals surface area contributed by atoms with Crippen LogP contribution in [0.25, 0.3) is 45.2 Å². The number of hydrogen-bond acceptors (Lipinski definition) is 0. The quantitative estimate of drug-likeness (QED) is 0.342. The van der Waals surface area contributed by atoms with Crippen LogP contribution in [0.4, 0.5) is 0 Å². The van der Waals surface area contributed by atoms with Crippen molar-refractivity contribution in [3.05, 3.63) is 96.1 Å². The van der Waals surface area contributed by atoms with E-state index in [2.05, 4.69) is 97.1 Å². The van der Waals surface area contributed by atoms with Crippen LogP contribution in [-0.4, -0.2) is 0 Å². The molecule has 0 aromatic heterocycles. The first-order valence-corrected chi connectivity index (χ1v) is 8.29.